The minimum absolute atomic E-state index is 0.0820. The van der Waals surface area contributed by atoms with Crippen LogP contribution in [0.2, 0.25) is 0 Å². The van der Waals surface area contributed by atoms with Crippen molar-refractivity contribution in [2.45, 2.75) is 57.9 Å². The van der Waals surface area contributed by atoms with Crippen molar-refractivity contribution in [1.82, 2.24) is 9.03 Å². The number of hydrogen-bond donors (Lipinski definition) is 2. The van der Waals surface area contributed by atoms with Crippen LogP contribution in [0, 0.1) is 11.8 Å². The fourth-order valence-electron chi connectivity index (χ4n) is 3.52. The lowest BCUT2D eigenvalue weighted by Crippen LogP contribution is -2.51. The van der Waals surface area contributed by atoms with Gasteiger partial charge in [0.15, 0.2) is 0 Å². The van der Waals surface area contributed by atoms with Crippen LogP contribution in [-0.4, -0.2) is 43.6 Å². The molecule has 0 amide bonds. The third kappa shape index (κ3) is 4.16. The summed E-state index contributed by atoms with van der Waals surface area (Å²) in [5.41, 5.74) is 0. The molecule has 1 saturated carbocycles. The Bertz CT molecular complexity index is 399. The van der Waals surface area contributed by atoms with Crippen molar-refractivity contribution in [1.29, 1.82) is 0 Å². The van der Waals surface area contributed by atoms with Gasteiger partial charge in [0.25, 0.3) is 10.2 Å². The van der Waals surface area contributed by atoms with Gasteiger partial charge in [-0.25, -0.2) is 4.72 Å². The normalized spacial score (nSPS) is 33.2. The summed E-state index contributed by atoms with van der Waals surface area (Å²) in [5, 5.41) is 9.34. The largest absolute Gasteiger partial charge is 0.395 e. The molecule has 5 nitrogen and oxygen atoms in total. The lowest BCUT2D eigenvalue weighted by molar-refractivity contribution is 0.153. The predicted molar refractivity (Wildman–Crippen MR) is 79.5 cm³/mol. The second-order valence-corrected chi connectivity index (χ2v) is 8.14. The average molecular weight is 304 g/mol. The highest BCUT2D eigenvalue weighted by molar-refractivity contribution is 7.87. The Morgan fingerprint density at radius 1 is 1.20 bits per heavy atom. The highest BCUT2D eigenvalue weighted by Gasteiger charge is 2.32. The monoisotopic (exact) mass is 304 g/mol. The van der Waals surface area contributed by atoms with Crippen molar-refractivity contribution in [3.63, 3.8) is 0 Å². The van der Waals surface area contributed by atoms with Crippen molar-refractivity contribution in [3.8, 4) is 0 Å². The van der Waals surface area contributed by atoms with Gasteiger partial charge in [-0.2, -0.15) is 12.7 Å². The van der Waals surface area contributed by atoms with Gasteiger partial charge in [-0.1, -0.05) is 26.2 Å². The molecule has 2 aliphatic rings. The fraction of sp³-hybridized carbons (Fsp3) is 1.00. The highest BCUT2D eigenvalue weighted by atomic mass is 32.2. The molecule has 1 aliphatic carbocycles. The van der Waals surface area contributed by atoms with Crippen molar-refractivity contribution in [2.75, 3.05) is 19.7 Å². The Morgan fingerprint density at radius 3 is 2.70 bits per heavy atom. The molecule has 2 N–H and O–H groups in total. The van der Waals surface area contributed by atoms with E-state index in [-0.39, 0.29) is 12.6 Å². The minimum Gasteiger partial charge on any atom is -0.395 e. The number of nitrogens with zero attached hydrogens (tertiary/aromatic N) is 1. The molecule has 2 rings (SSSR count). The molecule has 2 fully saturated rings. The third-order valence-corrected chi connectivity index (χ3v) is 6.32. The van der Waals surface area contributed by atoms with E-state index in [1.165, 1.54) is 17.1 Å². The van der Waals surface area contributed by atoms with Crippen LogP contribution >= 0.6 is 0 Å². The number of aliphatic hydroxyl groups is 1. The van der Waals surface area contributed by atoms with Gasteiger partial charge in [0.2, 0.25) is 0 Å². The molecule has 3 unspecified atom stereocenters. The molecule has 0 aromatic rings. The summed E-state index contributed by atoms with van der Waals surface area (Å²) in [6.45, 7) is 3.23. The van der Waals surface area contributed by atoms with Gasteiger partial charge in [-0.3, -0.25) is 0 Å². The van der Waals surface area contributed by atoms with Gasteiger partial charge >= 0.3 is 0 Å². The molecule has 6 heteroatoms. The second kappa shape index (κ2) is 7.20. The Hall–Kier alpha value is -0.170. The first-order valence-corrected chi connectivity index (χ1v) is 9.34. The van der Waals surface area contributed by atoms with E-state index in [0.29, 0.717) is 24.9 Å². The van der Waals surface area contributed by atoms with Crippen LogP contribution < -0.4 is 4.72 Å². The minimum atomic E-state index is -3.44. The standard InChI is InChI=1S/C14H28N2O3S/c1-12-5-4-6-13(9-12)10-15-20(18,19)16-8-3-2-7-14(16)11-17/h12-15,17H,2-11H2,1H3. The third-order valence-electron chi connectivity index (χ3n) is 4.69. The van der Waals surface area contributed by atoms with E-state index in [2.05, 4.69) is 11.6 Å². The molecule has 0 spiro atoms. The SMILES string of the molecule is CC1CCCC(CNS(=O)(=O)N2CCCCC2CO)C1. The zero-order valence-electron chi connectivity index (χ0n) is 12.4. The first-order valence-electron chi connectivity index (χ1n) is 7.90. The molecule has 1 aliphatic heterocycles. The zero-order chi connectivity index (χ0) is 14.6. The summed E-state index contributed by atoms with van der Waals surface area (Å²) in [6.07, 6.45) is 7.36. The number of rotatable bonds is 5. The molecule has 0 bridgehead atoms. The first kappa shape index (κ1) is 16.2. The summed E-state index contributed by atoms with van der Waals surface area (Å²) in [4.78, 5) is 0. The highest BCUT2D eigenvalue weighted by Crippen LogP contribution is 2.28. The number of nitrogens with one attached hydrogen (secondary N) is 1. The van der Waals surface area contributed by atoms with Crippen molar-refractivity contribution in [3.05, 3.63) is 0 Å². The van der Waals surface area contributed by atoms with E-state index in [1.54, 1.807) is 0 Å². The van der Waals surface area contributed by atoms with E-state index in [4.69, 9.17) is 0 Å². The quantitative estimate of drug-likeness (QED) is 0.808. The van der Waals surface area contributed by atoms with Crippen LogP contribution in [0.1, 0.15) is 51.9 Å². The zero-order valence-corrected chi connectivity index (χ0v) is 13.2. The smallest absolute Gasteiger partial charge is 0.279 e. The molecular formula is C14H28N2O3S. The molecular weight excluding hydrogens is 276 g/mol. The van der Waals surface area contributed by atoms with E-state index in [0.717, 1.165) is 32.1 Å². The molecule has 20 heavy (non-hydrogen) atoms. The van der Waals surface area contributed by atoms with Crippen molar-refractivity contribution >= 4 is 10.2 Å². The number of aliphatic hydroxyl groups excluding tert-OH is 1. The van der Waals surface area contributed by atoms with Crippen LogP contribution in [0.15, 0.2) is 0 Å². The summed E-state index contributed by atoms with van der Waals surface area (Å²) in [6, 6.07) is -0.244. The van der Waals surface area contributed by atoms with Crippen molar-refractivity contribution in [2.24, 2.45) is 11.8 Å². The predicted octanol–water partition coefficient (Wildman–Crippen LogP) is 1.49. The summed E-state index contributed by atoms with van der Waals surface area (Å²) >= 11 is 0. The van der Waals surface area contributed by atoms with Gasteiger partial charge in [-0.05, 0) is 37.5 Å². The van der Waals surface area contributed by atoms with Crippen LogP contribution in [0.4, 0.5) is 0 Å². The molecule has 3 atom stereocenters. The van der Waals surface area contributed by atoms with Crippen LogP contribution in [0.25, 0.3) is 0 Å². The molecule has 1 heterocycles. The van der Waals surface area contributed by atoms with Gasteiger partial charge in [0.05, 0.1) is 6.61 Å². The molecule has 0 radical (unpaired) electrons. The molecule has 118 valence electrons. The molecule has 0 aromatic carbocycles. The Morgan fingerprint density at radius 2 is 2.00 bits per heavy atom. The Kier molecular flexibility index (Phi) is 5.84. The lowest BCUT2D eigenvalue weighted by atomic mass is 9.83. The van der Waals surface area contributed by atoms with Gasteiger partial charge in [0.1, 0.15) is 0 Å². The first-order chi connectivity index (χ1) is 9.53. The summed E-state index contributed by atoms with van der Waals surface area (Å²) in [5.74, 6) is 1.17. The van der Waals surface area contributed by atoms with Crippen LogP contribution in [0.5, 0.6) is 0 Å². The molecule has 0 aromatic heterocycles. The van der Waals surface area contributed by atoms with Crippen LogP contribution in [0.3, 0.4) is 0 Å². The van der Waals surface area contributed by atoms with E-state index < -0.39 is 10.2 Å². The summed E-state index contributed by atoms with van der Waals surface area (Å²) in [7, 11) is -3.44. The summed E-state index contributed by atoms with van der Waals surface area (Å²) < 4.78 is 29.0. The topological polar surface area (TPSA) is 69.6 Å². The van der Waals surface area contributed by atoms with Crippen molar-refractivity contribution < 1.29 is 13.5 Å². The average Bonchev–Trinajstić information content (AvgIpc) is 2.45. The maximum absolute atomic E-state index is 12.4. The maximum Gasteiger partial charge on any atom is 0.279 e. The van der Waals surface area contributed by atoms with Gasteiger partial charge in [0, 0.05) is 19.1 Å². The number of hydrogen-bond acceptors (Lipinski definition) is 3. The van der Waals surface area contributed by atoms with E-state index >= 15 is 0 Å². The Labute approximate surface area is 122 Å². The maximum atomic E-state index is 12.4. The van der Waals surface area contributed by atoms with E-state index in [9.17, 15) is 13.5 Å². The van der Waals surface area contributed by atoms with Crippen LogP contribution in [-0.2, 0) is 10.2 Å². The lowest BCUT2D eigenvalue weighted by Gasteiger charge is -2.34. The van der Waals surface area contributed by atoms with Gasteiger partial charge in [-0.15, -0.1) is 0 Å². The number of piperidine rings is 1. The van der Waals surface area contributed by atoms with Gasteiger partial charge < -0.3 is 5.11 Å². The Balaban J connectivity index is 1.89. The second-order valence-electron chi connectivity index (χ2n) is 6.43. The fourth-order valence-corrected chi connectivity index (χ4v) is 5.07. The molecule has 1 saturated heterocycles. The van der Waals surface area contributed by atoms with E-state index in [1.807, 2.05) is 0 Å².